The molecule has 28 heavy (non-hydrogen) atoms. The molecule has 4 saturated carbocycles. The highest BCUT2D eigenvalue weighted by atomic mass is 16.5. The maximum atomic E-state index is 13.6. The number of carbonyl (C=O) groups excluding carboxylic acids is 1. The van der Waals surface area contributed by atoms with Gasteiger partial charge in [-0.15, -0.1) is 0 Å². The summed E-state index contributed by atoms with van der Waals surface area (Å²) in [5, 5.41) is 3.62. The van der Waals surface area contributed by atoms with Gasteiger partial charge in [-0.05, 0) is 94.2 Å². The van der Waals surface area contributed by atoms with E-state index in [1.165, 1.54) is 24.8 Å². The van der Waals surface area contributed by atoms with E-state index in [0.29, 0.717) is 17.2 Å². The van der Waals surface area contributed by atoms with Gasteiger partial charge in [0.1, 0.15) is 5.75 Å². The average molecular weight is 381 g/mol. The Labute approximate surface area is 167 Å². The molecule has 0 amide bonds. The predicted octanol–water partition coefficient (Wildman–Crippen LogP) is 4.33. The Morgan fingerprint density at radius 2 is 1.75 bits per heavy atom. The summed E-state index contributed by atoms with van der Waals surface area (Å²) in [6.07, 6.45) is 10.2. The molecule has 1 aliphatic heterocycles. The van der Waals surface area contributed by atoms with Crippen LogP contribution >= 0.6 is 0 Å². The first-order valence-electron chi connectivity index (χ1n) is 10.8. The molecule has 0 radical (unpaired) electrons. The van der Waals surface area contributed by atoms with Gasteiger partial charge in [-0.3, -0.25) is 4.79 Å². The molecule has 1 aromatic rings. The van der Waals surface area contributed by atoms with Crippen LogP contribution in [-0.4, -0.2) is 18.4 Å². The molecule has 4 nitrogen and oxygen atoms in total. The summed E-state index contributed by atoms with van der Waals surface area (Å²) in [7, 11) is 1.65. The first-order chi connectivity index (χ1) is 13.3. The smallest absolute Gasteiger partial charge is 0.163 e. The zero-order chi connectivity index (χ0) is 19.7. The van der Waals surface area contributed by atoms with Crippen LogP contribution in [0.3, 0.4) is 0 Å². The maximum absolute atomic E-state index is 13.6. The summed E-state index contributed by atoms with van der Waals surface area (Å²) in [5.74, 6) is 3.37. The van der Waals surface area contributed by atoms with Crippen molar-refractivity contribution in [3.8, 4) is 5.75 Å². The van der Waals surface area contributed by atoms with Crippen LogP contribution in [0.2, 0.25) is 0 Å². The number of nitrogen functional groups attached to an aromatic ring is 1. The molecule has 1 heterocycles. The van der Waals surface area contributed by atoms with E-state index in [1.807, 2.05) is 18.2 Å². The molecule has 4 fully saturated rings. The van der Waals surface area contributed by atoms with Crippen LogP contribution in [0.25, 0.3) is 5.70 Å². The van der Waals surface area contributed by atoms with E-state index in [-0.39, 0.29) is 11.0 Å². The van der Waals surface area contributed by atoms with Crippen molar-refractivity contribution in [2.75, 3.05) is 12.8 Å². The van der Waals surface area contributed by atoms with E-state index in [0.717, 1.165) is 54.7 Å². The summed E-state index contributed by atoms with van der Waals surface area (Å²) >= 11 is 0. The van der Waals surface area contributed by atoms with Crippen molar-refractivity contribution in [3.63, 3.8) is 0 Å². The molecule has 3 N–H and O–H groups in total. The second-order valence-electron chi connectivity index (χ2n) is 10.6. The van der Waals surface area contributed by atoms with Crippen molar-refractivity contribution in [2.24, 2.45) is 23.2 Å². The van der Waals surface area contributed by atoms with E-state index in [4.69, 9.17) is 10.5 Å². The lowest BCUT2D eigenvalue weighted by atomic mass is 9.48. The number of nitrogens with two attached hydrogens (primary N) is 1. The largest absolute Gasteiger partial charge is 0.495 e. The van der Waals surface area contributed by atoms with Gasteiger partial charge in [-0.2, -0.15) is 0 Å². The van der Waals surface area contributed by atoms with Crippen molar-refractivity contribution in [2.45, 2.75) is 64.3 Å². The SMILES string of the molecule is COc1cc2c(cc1N)/C(=C/C(=O)C13CC4CC(CC(C4)C1)C3)NC(C)(C)C2. The van der Waals surface area contributed by atoms with Gasteiger partial charge in [-0.25, -0.2) is 0 Å². The number of ether oxygens (including phenoxy) is 1. The van der Waals surface area contributed by atoms with Crippen LogP contribution in [0.15, 0.2) is 18.2 Å². The molecule has 4 bridgehead atoms. The fourth-order valence-corrected chi connectivity index (χ4v) is 6.98. The molecule has 4 aliphatic carbocycles. The molecule has 0 saturated heterocycles. The molecular formula is C24H32N2O2. The molecule has 4 heteroatoms. The molecular weight excluding hydrogens is 348 g/mol. The van der Waals surface area contributed by atoms with Crippen LogP contribution in [0.4, 0.5) is 5.69 Å². The third-order valence-corrected chi connectivity index (χ3v) is 7.69. The minimum atomic E-state index is -0.109. The number of anilines is 1. The number of rotatable bonds is 3. The Hall–Kier alpha value is -1.97. The molecule has 5 aliphatic rings. The fraction of sp³-hybridized carbons (Fsp3) is 0.625. The lowest BCUT2D eigenvalue weighted by Gasteiger charge is -2.55. The Morgan fingerprint density at radius 1 is 1.14 bits per heavy atom. The van der Waals surface area contributed by atoms with Crippen LogP contribution in [-0.2, 0) is 11.2 Å². The third-order valence-electron chi connectivity index (χ3n) is 7.69. The first-order valence-corrected chi connectivity index (χ1v) is 10.8. The highest BCUT2D eigenvalue weighted by molar-refractivity contribution is 6.01. The molecule has 6 rings (SSSR count). The number of ketones is 1. The Bertz CT molecular complexity index is 832. The second kappa shape index (κ2) is 6.01. The fourth-order valence-electron chi connectivity index (χ4n) is 6.98. The molecule has 0 unspecified atom stereocenters. The molecule has 150 valence electrons. The van der Waals surface area contributed by atoms with Gasteiger partial charge in [0.25, 0.3) is 0 Å². The maximum Gasteiger partial charge on any atom is 0.163 e. The molecule has 0 aromatic heterocycles. The number of fused-ring (bicyclic) bond motifs is 1. The number of carbonyl (C=O) groups is 1. The molecule has 1 aromatic carbocycles. The number of nitrogens with one attached hydrogen (secondary N) is 1. The zero-order valence-corrected chi connectivity index (χ0v) is 17.3. The summed E-state index contributed by atoms with van der Waals surface area (Å²) < 4.78 is 5.43. The highest BCUT2D eigenvalue weighted by Crippen LogP contribution is 2.60. The molecule has 0 spiro atoms. The van der Waals surface area contributed by atoms with E-state index >= 15 is 0 Å². The van der Waals surface area contributed by atoms with Gasteiger partial charge in [0, 0.05) is 28.3 Å². The number of hydrogen-bond acceptors (Lipinski definition) is 4. The zero-order valence-electron chi connectivity index (χ0n) is 17.3. The lowest BCUT2D eigenvalue weighted by molar-refractivity contribution is -0.138. The Balaban J connectivity index is 1.53. The van der Waals surface area contributed by atoms with Crippen LogP contribution in [0, 0.1) is 23.2 Å². The van der Waals surface area contributed by atoms with Crippen LogP contribution < -0.4 is 15.8 Å². The quantitative estimate of drug-likeness (QED) is 0.605. The van der Waals surface area contributed by atoms with E-state index in [1.54, 1.807) is 7.11 Å². The van der Waals surface area contributed by atoms with Crippen molar-refractivity contribution >= 4 is 17.2 Å². The number of allylic oxidation sites excluding steroid dienone is 1. The second-order valence-corrected chi connectivity index (χ2v) is 10.6. The number of methoxy groups -OCH3 is 1. The van der Waals surface area contributed by atoms with Gasteiger partial charge in [0.05, 0.1) is 12.8 Å². The summed E-state index contributed by atoms with van der Waals surface area (Å²) in [4.78, 5) is 13.6. The number of hydrogen-bond donors (Lipinski definition) is 2. The monoisotopic (exact) mass is 380 g/mol. The summed E-state index contributed by atoms with van der Waals surface area (Å²) in [5.41, 5.74) is 9.78. The minimum Gasteiger partial charge on any atom is -0.495 e. The highest BCUT2D eigenvalue weighted by Gasteiger charge is 2.54. The first kappa shape index (κ1) is 18.1. The van der Waals surface area contributed by atoms with Gasteiger partial charge in [0.15, 0.2) is 5.78 Å². The van der Waals surface area contributed by atoms with Crippen molar-refractivity contribution in [1.82, 2.24) is 5.32 Å². The van der Waals surface area contributed by atoms with Crippen LogP contribution in [0.5, 0.6) is 5.75 Å². The third kappa shape index (κ3) is 2.84. The normalized spacial score (nSPS) is 36.1. The predicted molar refractivity (Wildman–Crippen MR) is 112 cm³/mol. The number of benzene rings is 1. The standard InChI is InChI=1S/C24H32N2O2/c1-23(2)13-17-7-21(28-3)19(25)8-18(17)20(26-23)9-22(27)24-10-14-4-15(11-24)6-16(5-14)12-24/h7-9,14-16,26H,4-6,10-13,25H2,1-3H3/b20-9-. The van der Waals surface area contributed by atoms with Gasteiger partial charge >= 0.3 is 0 Å². The molecule has 0 atom stereocenters. The summed E-state index contributed by atoms with van der Waals surface area (Å²) in [6.45, 7) is 4.36. The van der Waals surface area contributed by atoms with Crippen molar-refractivity contribution in [3.05, 3.63) is 29.3 Å². The minimum absolute atomic E-state index is 0.108. The van der Waals surface area contributed by atoms with Crippen molar-refractivity contribution < 1.29 is 9.53 Å². The van der Waals surface area contributed by atoms with E-state index < -0.39 is 0 Å². The Kier molecular flexibility index (Phi) is 3.88. The topological polar surface area (TPSA) is 64.3 Å². The lowest BCUT2D eigenvalue weighted by Crippen LogP contribution is -2.50. The van der Waals surface area contributed by atoms with E-state index in [2.05, 4.69) is 19.2 Å². The Morgan fingerprint density at radius 3 is 2.32 bits per heavy atom. The van der Waals surface area contributed by atoms with Gasteiger partial charge in [0.2, 0.25) is 0 Å². The summed E-state index contributed by atoms with van der Waals surface area (Å²) in [6, 6.07) is 4.01. The van der Waals surface area contributed by atoms with E-state index in [9.17, 15) is 4.79 Å². The van der Waals surface area contributed by atoms with Crippen molar-refractivity contribution in [1.29, 1.82) is 0 Å². The average Bonchev–Trinajstić information content (AvgIpc) is 2.60. The van der Waals surface area contributed by atoms with Gasteiger partial charge in [-0.1, -0.05) is 0 Å². The van der Waals surface area contributed by atoms with Crippen LogP contribution in [0.1, 0.15) is 63.5 Å². The van der Waals surface area contributed by atoms with Gasteiger partial charge < -0.3 is 15.8 Å².